The first-order chi connectivity index (χ1) is 8.44. The number of rotatable bonds is 4. The summed E-state index contributed by atoms with van der Waals surface area (Å²) in [6.07, 6.45) is 2.96. The van der Waals surface area contributed by atoms with E-state index in [1.54, 1.807) is 13.2 Å². The first-order valence-electron chi connectivity index (χ1n) is 6.11. The molecule has 0 spiro atoms. The maximum Gasteiger partial charge on any atom is 0.241 e. The van der Waals surface area contributed by atoms with Crippen LogP contribution < -0.4 is 9.46 Å². The predicted molar refractivity (Wildman–Crippen MR) is 70.4 cm³/mol. The molecule has 18 heavy (non-hydrogen) atoms. The number of methoxy groups -OCH3 is 1. The molecule has 0 atom stereocenters. The zero-order valence-electron chi connectivity index (χ0n) is 11.0. The summed E-state index contributed by atoms with van der Waals surface area (Å²) in [5.74, 6) is 0.606. The van der Waals surface area contributed by atoms with E-state index >= 15 is 0 Å². The van der Waals surface area contributed by atoms with Crippen molar-refractivity contribution < 1.29 is 13.2 Å². The molecule has 1 aliphatic carbocycles. The van der Waals surface area contributed by atoms with Crippen LogP contribution in [0.3, 0.4) is 0 Å². The maximum atomic E-state index is 12.3. The molecular weight excluding hydrogens is 250 g/mol. The maximum absolute atomic E-state index is 12.3. The summed E-state index contributed by atoms with van der Waals surface area (Å²) in [6, 6.07) is 3.54. The minimum atomic E-state index is -3.43. The number of benzene rings is 1. The molecule has 1 aromatic carbocycles. The van der Waals surface area contributed by atoms with Gasteiger partial charge in [0.1, 0.15) is 5.75 Å². The Morgan fingerprint density at radius 3 is 2.39 bits per heavy atom. The van der Waals surface area contributed by atoms with Crippen LogP contribution in [0.2, 0.25) is 0 Å². The van der Waals surface area contributed by atoms with Crippen molar-refractivity contribution in [3.8, 4) is 5.75 Å². The van der Waals surface area contributed by atoms with E-state index in [4.69, 9.17) is 4.74 Å². The highest BCUT2D eigenvalue weighted by Crippen LogP contribution is 2.27. The zero-order valence-corrected chi connectivity index (χ0v) is 11.8. The van der Waals surface area contributed by atoms with E-state index in [1.807, 2.05) is 19.9 Å². The standard InChI is InChI=1S/C13H19NO3S/c1-9-7-10(2)13(8-12(9)17-3)18(15,16)14-11-5-4-6-11/h7-8,11,14H,4-6H2,1-3H3. The van der Waals surface area contributed by atoms with Gasteiger partial charge in [-0.3, -0.25) is 0 Å². The summed E-state index contributed by atoms with van der Waals surface area (Å²) in [7, 11) is -1.88. The van der Waals surface area contributed by atoms with Crippen molar-refractivity contribution in [2.75, 3.05) is 7.11 Å². The first kappa shape index (κ1) is 13.4. The molecule has 1 N–H and O–H groups in total. The van der Waals surface area contributed by atoms with E-state index in [0.29, 0.717) is 10.6 Å². The molecule has 0 unspecified atom stereocenters. The van der Waals surface area contributed by atoms with Gasteiger partial charge in [-0.15, -0.1) is 0 Å². The highest BCUT2D eigenvalue weighted by molar-refractivity contribution is 7.89. The number of sulfonamides is 1. The molecule has 0 saturated heterocycles. The molecule has 2 rings (SSSR count). The smallest absolute Gasteiger partial charge is 0.241 e. The third-order valence-electron chi connectivity index (χ3n) is 3.41. The number of nitrogens with one attached hydrogen (secondary N) is 1. The molecule has 1 aromatic rings. The number of hydrogen-bond acceptors (Lipinski definition) is 3. The van der Waals surface area contributed by atoms with E-state index in [1.165, 1.54) is 0 Å². The molecule has 100 valence electrons. The van der Waals surface area contributed by atoms with Gasteiger partial charge >= 0.3 is 0 Å². The van der Waals surface area contributed by atoms with Gasteiger partial charge < -0.3 is 4.74 Å². The Morgan fingerprint density at radius 1 is 1.22 bits per heavy atom. The van der Waals surface area contributed by atoms with Crippen molar-refractivity contribution in [3.05, 3.63) is 23.3 Å². The van der Waals surface area contributed by atoms with Gasteiger partial charge in [-0.25, -0.2) is 13.1 Å². The molecule has 1 aliphatic rings. The minimum Gasteiger partial charge on any atom is -0.496 e. The van der Waals surface area contributed by atoms with E-state index in [9.17, 15) is 8.42 Å². The Balaban J connectivity index is 2.36. The van der Waals surface area contributed by atoms with E-state index in [0.717, 1.165) is 30.4 Å². The Labute approximate surface area is 108 Å². The van der Waals surface area contributed by atoms with Crippen molar-refractivity contribution in [3.63, 3.8) is 0 Å². The van der Waals surface area contributed by atoms with Crippen LogP contribution in [-0.2, 0) is 10.0 Å². The van der Waals surface area contributed by atoms with Crippen LogP contribution in [-0.4, -0.2) is 21.6 Å². The second-order valence-electron chi connectivity index (χ2n) is 4.84. The number of ether oxygens (including phenoxy) is 1. The van der Waals surface area contributed by atoms with Crippen molar-refractivity contribution >= 4 is 10.0 Å². The zero-order chi connectivity index (χ0) is 13.3. The van der Waals surface area contributed by atoms with Gasteiger partial charge in [0.15, 0.2) is 0 Å². The van der Waals surface area contributed by atoms with Gasteiger partial charge in [0.2, 0.25) is 10.0 Å². The molecule has 1 fully saturated rings. The quantitative estimate of drug-likeness (QED) is 0.911. The average molecular weight is 269 g/mol. The third kappa shape index (κ3) is 2.52. The highest BCUT2D eigenvalue weighted by atomic mass is 32.2. The summed E-state index contributed by atoms with van der Waals surface area (Å²) >= 11 is 0. The van der Waals surface area contributed by atoms with Crippen LogP contribution in [0.5, 0.6) is 5.75 Å². The predicted octanol–water partition coefficient (Wildman–Crippen LogP) is 2.14. The van der Waals surface area contributed by atoms with Crippen molar-refractivity contribution in [2.24, 2.45) is 0 Å². The summed E-state index contributed by atoms with van der Waals surface area (Å²) in [6.45, 7) is 3.71. The fraction of sp³-hybridized carbons (Fsp3) is 0.538. The van der Waals surface area contributed by atoms with E-state index < -0.39 is 10.0 Å². The Hall–Kier alpha value is -1.07. The van der Waals surface area contributed by atoms with E-state index in [-0.39, 0.29) is 6.04 Å². The van der Waals surface area contributed by atoms with Crippen LogP contribution in [0.1, 0.15) is 30.4 Å². The molecule has 0 aliphatic heterocycles. The lowest BCUT2D eigenvalue weighted by Gasteiger charge is -2.26. The molecule has 1 saturated carbocycles. The van der Waals surface area contributed by atoms with Crippen LogP contribution in [0, 0.1) is 13.8 Å². The molecular formula is C13H19NO3S. The Kier molecular flexibility index (Phi) is 3.64. The van der Waals surface area contributed by atoms with Gasteiger partial charge in [0.05, 0.1) is 12.0 Å². The Morgan fingerprint density at radius 2 is 1.89 bits per heavy atom. The minimum absolute atomic E-state index is 0.0988. The molecule has 0 aromatic heterocycles. The number of aryl methyl sites for hydroxylation is 2. The molecule has 4 nitrogen and oxygen atoms in total. The Bertz CT molecular complexity index is 548. The van der Waals surface area contributed by atoms with Crippen LogP contribution in [0.4, 0.5) is 0 Å². The van der Waals surface area contributed by atoms with Crippen LogP contribution >= 0.6 is 0 Å². The lowest BCUT2D eigenvalue weighted by atomic mass is 9.94. The van der Waals surface area contributed by atoms with Gasteiger partial charge in [-0.05, 0) is 37.8 Å². The molecule has 0 heterocycles. The lowest BCUT2D eigenvalue weighted by Crippen LogP contribution is -2.39. The summed E-state index contributed by atoms with van der Waals surface area (Å²) in [5, 5.41) is 0. The van der Waals surface area contributed by atoms with Crippen LogP contribution in [0.25, 0.3) is 0 Å². The lowest BCUT2D eigenvalue weighted by molar-refractivity contribution is 0.383. The third-order valence-corrected chi connectivity index (χ3v) is 5.07. The fourth-order valence-electron chi connectivity index (χ4n) is 2.13. The summed E-state index contributed by atoms with van der Waals surface area (Å²) in [4.78, 5) is 0.317. The van der Waals surface area contributed by atoms with Gasteiger partial charge in [0.25, 0.3) is 0 Å². The summed E-state index contributed by atoms with van der Waals surface area (Å²) < 4.78 is 32.5. The SMILES string of the molecule is COc1cc(S(=O)(=O)NC2CCC2)c(C)cc1C. The molecule has 5 heteroatoms. The highest BCUT2D eigenvalue weighted by Gasteiger charge is 2.26. The van der Waals surface area contributed by atoms with Gasteiger partial charge in [0, 0.05) is 12.1 Å². The average Bonchev–Trinajstić information content (AvgIpc) is 2.23. The molecule has 0 radical (unpaired) electrons. The van der Waals surface area contributed by atoms with Crippen molar-refractivity contribution in [1.82, 2.24) is 4.72 Å². The van der Waals surface area contributed by atoms with Crippen molar-refractivity contribution in [2.45, 2.75) is 44.0 Å². The second kappa shape index (κ2) is 4.90. The summed E-state index contributed by atoms with van der Waals surface area (Å²) in [5.41, 5.74) is 1.69. The number of hydrogen-bond donors (Lipinski definition) is 1. The van der Waals surface area contributed by atoms with E-state index in [2.05, 4.69) is 4.72 Å². The fourth-order valence-corrected chi connectivity index (χ4v) is 3.68. The van der Waals surface area contributed by atoms with Crippen LogP contribution in [0.15, 0.2) is 17.0 Å². The molecule has 0 amide bonds. The monoisotopic (exact) mass is 269 g/mol. The topological polar surface area (TPSA) is 55.4 Å². The largest absolute Gasteiger partial charge is 0.496 e. The first-order valence-corrected chi connectivity index (χ1v) is 7.60. The van der Waals surface area contributed by atoms with Gasteiger partial charge in [-0.1, -0.05) is 12.5 Å². The normalized spacial score (nSPS) is 16.4. The second-order valence-corrected chi connectivity index (χ2v) is 6.52. The van der Waals surface area contributed by atoms with Crippen molar-refractivity contribution in [1.29, 1.82) is 0 Å². The molecule has 0 bridgehead atoms. The van der Waals surface area contributed by atoms with Gasteiger partial charge in [-0.2, -0.15) is 0 Å².